The number of primary amides is 1. The highest BCUT2D eigenvalue weighted by molar-refractivity contribution is 6.33. The van der Waals surface area contributed by atoms with Gasteiger partial charge in [-0.05, 0) is 6.07 Å². The predicted octanol–water partition coefficient (Wildman–Crippen LogP) is 1.75. The molecule has 21 heavy (non-hydrogen) atoms. The van der Waals surface area contributed by atoms with Crippen molar-refractivity contribution in [1.82, 2.24) is 9.97 Å². The zero-order valence-corrected chi connectivity index (χ0v) is 11.4. The fraction of sp³-hybridized carbons (Fsp3) is 0.0833. The number of nitro benzene ring substituents is 1. The van der Waals surface area contributed by atoms with Crippen LogP contribution in [0, 0.1) is 10.1 Å². The first-order valence-corrected chi connectivity index (χ1v) is 6.12. The van der Waals surface area contributed by atoms with Crippen LogP contribution in [0.5, 0.6) is 0 Å². The number of nitrogens with zero attached hydrogens (tertiary/aromatic N) is 3. The van der Waals surface area contributed by atoms with Crippen LogP contribution < -0.4 is 11.1 Å². The molecule has 0 aliphatic carbocycles. The molecule has 0 aliphatic rings. The summed E-state index contributed by atoms with van der Waals surface area (Å²) in [5, 5.41) is 13.7. The largest absolute Gasteiger partial charge is 0.380 e. The molecule has 0 saturated carbocycles. The summed E-state index contributed by atoms with van der Waals surface area (Å²) in [5.41, 5.74) is 5.92. The maximum atomic E-state index is 11.4. The summed E-state index contributed by atoms with van der Waals surface area (Å²) in [5.74, 6) is -0.790. The van der Waals surface area contributed by atoms with Crippen LogP contribution >= 0.6 is 11.6 Å². The number of carbonyl (C=O) groups excluding carboxylic acids is 1. The Hall–Kier alpha value is -2.74. The average Bonchev–Trinajstić information content (AvgIpc) is 2.45. The van der Waals surface area contributed by atoms with Crippen molar-refractivity contribution in [3.63, 3.8) is 0 Å². The van der Waals surface area contributed by atoms with E-state index in [-0.39, 0.29) is 16.3 Å². The summed E-state index contributed by atoms with van der Waals surface area (Å²) in [6.07, 6.45) is 4.58. The lowest BCUT2D eigenvalue weighted by atomic mass is 10.1. The molecule has 108 valence electrons. The topological polar surface area (TPSA) is 124 Å². The quantitative estimate of drug-likeness (QED) is 0.640. The summed E-state index contributed by atoms with van der Waals surface area (Å²) >= 11 is 5.82. The number of hydrogen-bond acceptors (Lipinski definition) is 6. The third kappa shape index (κ3) is 3.42. The first-order chi connectivity index (χ1) is 9.99. The van der Waals surface area contributed by atoms with Crippen LogP contribution in [-0.2, 0) is 6.54 Å². The Morgan fingerprint density at radius 1 is 1.38 bits per heavy atom. The Morgan fingerprint density at radius 3 is 2.62 bits per heavy atom. The lowest BCUT2D eigenvalue weighted by Crippen LogP contribution is -2.15. The molecule has 8 nitrogen and oxygen atoms in total. The summed E-state index contributed by atoms with van der Waals surface area (Å²) in [4.78, 5) is 29.3. The van der Waals surface area contributed by atoms with E-state index in [0.717, 1.165) is 11.6 Å². The number of amides is 1. The highest BCUT2D eigenvalue weighted by atomic mass is 35.5. The van der Waals surface area contributed by atoms with E-state index in [1.165, 1.54) is 12.4 Å². The van der Waals surface area contributed by atoms with Crippen LogP contribution in [0.2, 0.25) is 5.02 Å². The van der Waals surface area contributed by atoms with E-state index in [2.05, 4.69) is 15.3 Å². The van der Waals surface area contributed by atoms with E-state index in [4.69, 9.17) is 17.3 Å². The molecule has 0 fully saturated rings. The maximum absolute atomic E-state index is 11.4. The zero-order valence-electron chi connectivity index (χ0n) is 10.6. The SMILES string of the molecule is NC(=O)c1cc([N+](=O)[O-])c(Cl)cc1NCc1cncnc1. The minimum Gasteiger partial charge on any atom is -0.380 e. The van der Waals surface area contributed by atoms with Gasteiger partial charge in [-0.15, -0.1) is 0 Å². The van der Waals surface area contributed by atoms with Crippen LogP contribution in [0.1, 0.15) is 15.9 Å². The second kappa shape index (κ2) is 6.14. The molecule has 1 aromatic carbocycles. The van der Waals surface area contributed by atoms with E-state index in [1.807, 2.05) is 0 Å². The Bertz CT molecular complexity index is 693. The lowest BCUT2D eigenvalue weighted by Gasteiger charge is -2.10. The van der Waals surface area contributed by atoms with E-state index < -0.39 is 10.8 Å². The monoisotopic (exact) mass is 307 g/mol. The van der Waals surface area contributed by atoms with Crippen LogP contribution in [-0.4, -0.2) is 20.8 Å². The Balaban J connectivity index is 2.32. The normalized spacial score (nSPS) is 10.1. The van der Waals surface area contributed by atoms with Crippen molar-refractivity contribution in [2.24, 2.45) is 5.73 Å². The standard InChI is InChI=1S/C12H10ClN5O3/c13-9-2-10(17-5-7-3-15-6-16-4-7)8(12(14)19)1-11(9)18(20)21/h1-4,6,17H,5H2,(H2,14,19). The Labute approximate surface area is 124 Å². The second-order valence-electron chi connectivity index (χ2n) is 4.07. The molecular weight excluding hydrogens is 298 g/mol. The van der Waals surface area contributed by atoms with E-state index >= 15 is 0 Å². The van der Waals surface area contributed by atoms with Crippen molar-refractivity contribution >= 4 is 28.9 Å². The van der Waals surface area contributed by atoms with E-state index in [0.29, 0.717) is 12.2 Å². The van der Waals surface area contributed by atoms with Gasteiger partial charge < -0.3 is 11.1 Å². The second-order valence-corrected chi connectivity index (χ2v) is 4.48. The van der Waals surface area contributed by atoms with Gasteiger partial charge in [0.05, 0.1) is 10.5 Å². The molecule has 0 bridgehead atoms. The molecule has 2 aromatic rings. The molecule has 0 aliphatic heterocycles. The van der Waals surface area contributed by atoms with Crippen LogP contribution in [0.25, 0.3) is 0 Å². The number of carbonyl (C=O) groups is 1. The maximum Gasteiger partial charge on any atom is 0.288 e. The van der Waals surface area contributed by atoms with Gasteiger partial charge in [0.2, 0.25) is 0 Å². The number of hydrogen-bond donors (Lipinski definition) is 2. The molecule has 0 atom stereocenters. The number of aromatic nitrogens is 2. The van der Waals surface area contributed by atoms with Gasteiger partial charge in [-0.3, -0.25) is 14.9 Å². The third-order valence-electron chi connectivity index (χ3n) is 2.65. The predicted molar refractivity (Wildman–Crippen MR) is 76.0 cm³/mol. The molecule has 1 aromatic heterocycles. The summed E-state index contributed by atoms with van der Waals surface area (Å²) < 4.78 is 0. The van der Waals surface area contributed by atoms with E-state index in [9.17, 15) is 14.9 Å². The molecule has 0 radical (unpaired) electrons. The fourth-order valence-electron chi connectivity index (χ4n) is 1.67. The highest BCUT2D eigenvalue weighted by Gasteiger charge is 2.19. The van der Waals surface area contributed by atoms with Crippen molar-refractivity contribution in [3.8, 4) is 0 Å². The average molecular weight is 308 g/mol. The van der Waals surface area contributed by atoms with Gasteiger partial charge in [0.15, 0.2) is 0 Å². The van der Waals surface area contributed by atoms with Crippen LogP contribution in [0.4, 0.5) is 11.4 Å². The van der Waals surface area contributed by atoms with Gasteiger partial charge in [0.25, 0.3) is 11.6 Å². The molecule has 1 amide bonds. The Kier molecular flexibility index (Phi) is 4.29. The summed E-state index contributed by atoms with van der Waals surface area (Å²) in [6.45, 7) is 0.315. The molecule has 0 spiro atoms. The minimum atomic E-state index is -0.790. The van der Waals surface area contributed by atoms with Crippen molar-refractivity contribution in [2.45, 2.75) is 6.54 Å². The number of anilines is 1. The van der Waals surface area contributed by atoms with Crippen molar-refractivity contribution < 1.29 is 9.72 Å². The first kappa shape index (κ1) is 14.7. The number of nitrogens with two attached hydrogens (primary N) is 1. The zero-order chi connectivity index (χ0) is 15.4. The molecule has 3 N–H and O–H groups in total. The Morgan fingerprint density at radius 2 is 2.05 bits per heavy atom. The van der Waals surface area contributed by atoms with Crippen molar-refractivity contribution in [2.75, 3.05) is 5.32 Å². The highest BCUT2D eigenvalue weighted by Crippen LogP contribution is 2.31. The summed E-state index contributed by atoms with van der Waals surface area (Å²) in [7, 11) is 0. The van der Waals surface area contributed by atoms with Crippen LogP contribution in [0.3, 0.4) is 0 Å². The minimum absolute atomic E-state index is 0.0112. The number of nitro groups is 1. The van der Waals surface area contributed by atoms with Crippen molar-refractivity contribution in [3.05, 3.63) is 57.1 Å². The molecule has 1 heterocycles. The third-order valence-corrected chi connectivity index (χ3v) is 2.95. The van der Waals surface area contributed by atoms with Gasteiger partial charge in [-0.1, -0.05) is 11.6 Å². The lowest BCUT2D eigenvalue weighted by molar-refractivity contribution is -0.384. The first-order valence-electron chi connectivity index (χ1n) is 5.74. The van der Waals surface area contributed by atoms with Gasteiger partial charge in [0.1, 0.15) is 11.3 Å². The van der Waals surface area contributed by atoms with Gasteiger partial charge in [-0.25, -0.2) is 9.97 Å². The molecule has 0 saturated heterocycles. The van der Waals surface area contributed by atoms with Crippen LogP contribution in [0.15, 0.2) is 30.9 Å². The number of halogens is 1. The fourth-order valence-corrected chi connectivity index (χ4v) is 1.90. The van der Waals surface area contributed by atoms with Gasteiger partial charge in [0, 0.05) is 36.3 Å². The summed E-state index contributed by atoms with van der Waals surface area (Å²) in [6, 6.07) is 2.35. The number of rotatable bonds is 5. The van der Waals surface area contributed by atoms with Gasteiger partial charge >= 0.3 is 0 Å². The smallest absolute Gasteiger partial charge is 0.288 e. The van der Waals surface area contributed by atoms with Gasteiger partial charge in [-0.2, -0.15) is 0 Å². The molecule has 9 heteroatoms. The number of benzene rings is 1. The van der Waals surface area contributed by atoms with Crippen molar-refractivity contribution in [1.29, 1.82) is 0 Å². The molecule has 2 rings (SSSR count). The molecule has 0 unspecified atom stereocenters. The van der Waals surface area contributed by atoms with E-state index in [1.54, 1.807) is 12.4 Å². The molecular formula is C12H10ClN5O3. The number of nitrogens with one attached hydrogen (secondary N) is 1.